The van der Waals surface area contributed by atoms with Crippen LogP contribution >= 0.6 is 0 Å². The Morgan fingerprint density at radius 3 is 1.65 bits per heavy atom. The minimum atomic E-state index is -0.845. The van der Waals surface area contributed by atoms with Crippen molar-refractivity contribution in [2.24, 2.45) is 0 Å². The molecule has 6 nitrogen and oxygen atoms in total. The third kappa shape index (κ3) is 19.2. The van der Waals surface area contributed by atoms with Gasteiger partial charge in [-0.2, -0.15) is 0 Å². The van der Waals surface area contributed by atoms with E-state index in [2.05, 4.69) is 0 Å². The highest BCUT2D eigenvalue weighted by Crippen LogP contribution is 2.05. The lowest BCUT2D eigenvalue weighted by molar-refractivity contribution is -0.138. The first kappa shape index (κ1) is 21.2. The van der Waals surface area contributed by atoms with E-state index in [9.17, 15) is 9.59 Å². The summed E-state index contributed by atoms with van der Waals surface area (Å²) in [5.74, 6) is -1.68. The molecule has 0 aliphatic rings. The summed E-state index contributed by atoms with van der Waals surface area (Å²) in [6, 6.07) is 0. The molecule has 2 unspecified atom stereocenters. The number of hydrogen-bond acceptors (Lipinski definition) is 4. The lowest BCUT2D eigenvalue weighted by Gasteiger charge is -2.06. The standard InChI is InChI=1S/C8H16O3.C6H12O3/c1-2-3-4-7(9)5-6-8(10)11;1-2-5(7)3-4-6(8)9/h7,9H,2-6H2,1H3,(H,10,11);5,7H,2-4H2,1H3,(H,8,9). The summed E-state index contributed by atoms with van der Waals surface area (Å²) in [5, 5.41) is 34.4. The summed E-state index contributed by atoms with van der Waals surface area (Å²) in [4.78, 5) is 20.0. The first-order chi connectivity index (χ1) is 9.33. The van der Waals surface area contributed by atoms with E-state index in [0.717, 1.165) is 19.3 Å². The van der Waals surface area contributed by atoms with Gasteiger partial charge in [0.1, 0.15) is 0 Å². The Balaban J connectivity index is 0. The van der Waals surface area contributed by atoms with Crippen molar-refractivity contribution in [1.82, 2.24) is 0 Å². The van der Waals surface area contributed by atoms with Crippen molar-refractivity contribution < 1.29 is 30.0 Å². The van der Waals surface area contributed by atoms with Crippen molar-refractivity contribution in [3.8, 4) is 0 Å². The highest BCUT2D eigenvalue weighted by atomic mass is 16.4. The third-order valence-electron chi connectivity index (χ3n) is 2.75. The molecular weight excluding hydrogens is 264 g/mol. The Hall–Kier alpha value is -1.14. The molecule has 0 aromatic rings. The van der Waals surface area contributed by atoms with Crippen LogP contribution in [0.2, 0.25) is 0 Å². The molecular formula is C14H28O6. The molecule has 0 aliphatic carbocycles. The smallest absolute Gasteiger partial charge is 0.303 e. The van der Waals surface area contributed by atoms with Crippen LogP contribution in [0.15, 0.2) is 0 Å². The maximum Gasteiger partial charge on any atom is 0.303 e. The molecule has 0 aromatic heterocycles. The summed E-state index contributed by atoms with van der Waals surface area (Å²) in [7, 11) is 0. The van der Waals surface area contributed by atoms with E-state index in [1.807, 2.05) is 13.8 Å². The van der Waals surface area contributed by atoms with Gasteiger partial charge in [-0.3, -0.25) is 9.59 Å². The van der Waals surface area contributed by atoms with Crippen LogP contribution in [0.25, 0.3) is 0 Å². The maximum absolute atomic E-state index is 10.1. The first-order valence-corrected chi connectivity index (χ1v) is 7.13. The molecule has 0 aliphatic heterocycles. The van der Waals surface area contributed by atoms with Crippen LogP contribution in [0.1, 0.15) is 65.2 Å². The predicted molar refractivity (Wildman–Crippen MR) is 75.6 cm³/mol. The normalized spacial score (nSPS) is 13.0. The van der Waals surface area contributed by atoms with Crippen LogP contribution in [0.3, 0.4) is 0 Å². The highest BCUT2D eigenvalue weighted by Gasteiger charge is 2.05. The van der Waals surface area contributed by atoms with E-state index in [4.69, 9.17) is 20.4 Å². The van der Waals surface area contributed by atoms with E-state index in [0.29, 0.717) is 19.3 Å². The Labute approximate surface area is 120 Å². The molecule has 6 heteroatoms. The molecule has 0 saturated heterocycles. The fourth-order valence-electron chi connectivity index (χ4n) is 1.37. The van der Waals surface area contributed by atoms with Gasteiger partial charge in [-0.05, 0) is 25.7 Å². The second kappa shape index (κ2) is 14.3. The number of hydrogen-bond donors (Lipinski definition) is 4. The maximum atomic E-state index is 10.1. The van der Waals surface area contributed by atoms with E-state index in [-0.39, 0.29) is 12.8 Å². The van der Waals surface area contributed by atoms with Crippen molar-refractivity contribution in [2.75, 3.05) is 0 Å². The van der Waals surface area contributed by atoms with Gasteiger partial charge in [-0.15, -0.1) is 0 Å². The zero-order chi connectivity index (χ0) is 16.0. The third-order valence-corrected chi connectivity index (χ3v) is 2.75. The highest BCUT2D eigenvalue weighted by molar-refractivity contribution is 5.66. The van der Waals surface area contributed by atoms with Crippen LogP contribution in [0.5, 0.6) is 0 Å². The molecule has 0 radical (unpaired) electrons. The molecule has 0 fully saturated rings. The lowest BCUT2D eigenvalue weighted by Crippen LogP contribution is -2.08. The van der Waals surface area contributed by atoms with Gasteiger partial charge >= 0.3 is 11.9 Å². The van der Waals surface area contributed by atoms with Gasteiger partial charge in [0.05, 0.1) is 12.2 Å². The van der Waals surface area contributed by atoms with E-state index >= 15 is 0 Å². The van der Waals surface area contributed by atoms with Gasteiger partial charge in [0.25, 0.3) is 0 Å². The lowest BCUT2D eigenvalue weighted by atomic mass is 10.1. The zero-order valence-electron chi connectivity index (χ0n) is 12.4. The molecule has 0 heterocycles. The van der Waals surface area contributed by atoms with E-state index < -0.39 is 24.1 Å². The fourth-order valence-corrected chi connectivity index (χ4v) is 1.37. The van der Waals surface area contributed by atoms with Gasteiger partial charge in [-0.25, -0.2) is 0 Å². The number of carboxylic acids is 2. The SMILES string of the molecule is CCC(O)CCC(=O)O.CCCCC(O)CCC(=O)O. The molecule has 0 spiro atoms. The average molecular weight is 292 g/mol. The van der Waals surface area contributed by atoms with Crippen LogP contribution in [-0.2, 0) is 9.59 Å². The summed E-state index contributed by atoms with van der Waals surface area (Å²) >= 11 is 0. The summed E-state index contributed by atoms with van der Waals surface area (Å²) in [5.41, 5.74) is 0. The van der Waals surface area contributed by atoms with Crippen LogP contribution in [0.4, 0.5) is 0 Å². The number of carbonyl (C=O) groups is 2. The van der Waals surface area contributed by atoms with Crippen molar-refractivity contribution in [2.45, 2.75) is 77.4 Å². The molecule has 4 N–H and O–H groups in total. The van der Waals surface area contributed by atoms with Gasteiger partial charge in [0, 0.05) is 12.8 Å². The molecule has 20 heavy (non-hydrogen) atoms. The van der Waals surface area contributed by atoms with Crippen molar-refractivity contribution in [3.63, 3.8) is 0 Å². The molecule has 2 atom stereocenters. The van der Waals surface area contributed by atoms with Crippen LogP contribution < -0.4 is 0 Å². The van der Waals surface area contributed by atoms with E-state index in [1.165, 1.54) is 0 Å². The minimum absolute atomic E-state index is 0.0645. The van der Waals surface area contributed by atoms with Gasteiger partial charge < -0.3 is 20.4 Å². The number of aliphatic carboxylic acids is 2. The molecule has 0 saturated carbocycles. The quantitative estimate of drug-likeness (QED) is 0.489. The number of unbranched alkanes of at least 4 members (excludes halogenated alkanes) is 1. The molecule has 120 valence electrons. The van der Waals surface area contributed by atoms with Gasteiger partial charge in [0.15, 0.2) is 0 Å². The number of rotatable bonds is 10. The van der Waals surface area contributed by atoms with Crippen molar-refractivity contribution in [1.29, 1.82) is 0 Å². The van der Waals surface area contributed by atoms with Crippen molar-refractivity contribution >= 4 is 11.9 Å². The topological polar surface area (TPSA) is 115 Å². The summed E-state index contributed by atoms with van der Waals surface area (Å²) in [6.07, 6.45) is 3.40. The molecule has 0 rings (SSSR count). The molecule has 0 bridgehead atoms. The Kier molecular flexibility index (Phi) is 15.1. The predicted octanol–water partition coefficient (Wildman–Crippen LogP) is 2.02. The largest absolute Gasteiger partial charge is 0.481 e. The fraction of sp³-hybridized carbons (Fsp3) is 0.857. The number of aliphatic hydroxyl groups is 2. The van der Waals surface area contributed by atoms with Crippen LogP contribution in [-0.4, -0.2) is 44.6 Å². The zero-order valence-corrected chi connectivity index (χ0v) is 12.4. The minimum Gasteiger partial charge on any atom is -0.481 e. The molecule has 0 amide bonds. The monoisotopic (exact) mass is 292 g/mol. The Bertz CT molecular complexity index is 254. The first-order valence-electron chi connectivity index (χ1n) is 7.13. The Morgan fingerprint density at radius 1 is 0.850 bits per heavy atom. The average Bonchev–Trinajstić information content (AvgIpc) is 2.40. The summed E-state index contributed by atoms with van der Waals surface area (Å²) < 4.78 is 0. The molecule has 0 aromatic carbocycles. The Morgan fingerprint density at radius 2 is 1.30 bits per heavy atom. The number of aliphatic hydroxyl groups excluding tert-OH is 2. The second-order valence-electron chi connectivity index (χ2n) is 4.72. The van der Waals surface area contributed by atoms with Gasteiger partial charge in [0.2, 0.25) is 0 Å². The van der Waals surface area contributed by atoms with Crippen molar-refractivity contribution in [3.05, 3.63) is 0 Å². The van der Waals surface area contributed by atoms with E-state index in [1.54, 1.807) is 0 Å². The second-order valence-corrected chi connectivity index (χ2v) is 4.72. The number of carboxylic acid groups (broad SMARTS) is 2. The van der Waals surface area contributed by atoms with Crippen LogP contribution in [0, 0.1) is 0 Å². The van der Waals surface area contributed by atoms with Gasteiger partial charge in [-0.1, -0.05) is 26.7 Å². The summed E-state index contributed by atoms with van der Waals surface area (Å²) in [6.45, 7) is 3.87.